The summed E-state index contributed by atoms with van der Waals surface area (Å²) in [5.41, 5.74) is 0. The second-order valence-electron chi connectivity index (χ2n) is 7.17. The summed E-state index contributed by atoms with van der Waals surface area (Å²) in [5, 5.41) is 3.61. The van der Waals surface area contributed by atoms with Gasteiger partial charge >= 0.3 is 5.97 Å². The molecular weight excluding hydrogens is 363 g/mol. The first-order valence-electron chi connectivity index (χ1n) is 9.87. The number of esters is 1. The van der Waals surface area contributed by atoms with Crippen molar-refractivity contribution in [1.29, 1.82) is 0 Å². The molecule has 0 bridgehead atoms. The molecule has 3 aromatic carbocycles. The van der Waals surface area contributed by atoms with Gasteiger partial charge in [0, 0.05) is 0 Å². The predicted octanol–water partition coefficient (Wildman–Crippen LogP) is 4.57. The highest BCUT2D eigenvalue weighted by Crippen LogP contribution is 2.55. The lowest BCUT2D eigenvalue weighted by atomic mass is 10.1. The molecule has 3 heteroatoms. The Hall–Kier alpha value is -2.44. The van der Waals surface area contributed by atoms with E-state index < -0.39 is 7.26 Å². The third-order valence-electron chi connectivity index (χ3n) is 5.18. The van der Waals surface area contributed by atoms with Crippen molar-refractivity contribution in [1.82, 2.24) is 0 Å². The van der Waals surface area contributed by atoms with Gasteiger partial charge in [-0.25, -0.2) is 4.79 Å². The molecule has 1 unspecified atom stereocenters. The Morgan fingerprint density at radius 2 is 1.18 bits per heavy atom. The van der Waals surface area contributed by atoms with E-state index in [1.54, 1.807) is 0 Å². The molecule has 0 saturated heterocycles. The molecule has 2 nitrogen and oxygen atoms in total. The van der Waals surface area contributed by atoms with Crippen molar-refractivity contribution < 1.29 is 9.53 Å². The van der Waals surface area contributed by atoms with Crippen molar-refractivity contribution in [2.75, 3.05) is 12.8 Å². The molecule has 0 spiro atoms. The zero-order valence-electron chi connectivity index (χ0n) is 16.6. The molecule has 0 aromatic heterocycles. The average Bonchev–Trinajstić information content (AvgIpc) is 2.77. The molecule has 3 aromatic rings. The van der Waals surface area contributed by atoms with Gasteiger partial charge in [0.25, 0.3) is 0 Å². The summed E-state index contributed by atoms with van der Waals surface area (Å²) in [6.45, 7) is 4.71. The zero-order valence-corrected chi connectivity index (χ0v) is 17.5. The fraction of sp³-hybridized carbons (Fsp3) is 0.240. The third-order valence-corrected chi connectivity index (χ3v) is 9.45. The van der Waals surface area contributed by atoms with Crippen molar-refractivity contribution in [2.45, 2.75) is 20.3 Å². The van der Waals surface area contributed by atoms with Crippen molar-refractivity contribution in [3.05, 3.63) is 91.0 Å². The number of ether oxygens (including phenoxy) is 1. The van der Waals surface area contributed by atoms with E-state index in [9.17, 15) is 4.79 Å². The summed E-state index contributed by atoms with van der Waals surface area (Å²) in [6.07, 6.45) is 1.38. The average molecular weight is 391 g/mol. The Morgan fingerprint density at radius 1 is 0.786 bits per heavy atom. The highest BCUT2D eigenvalue weighted by molar-refractivity contribution is 7.96. The van der Waals surface area contributed by atoms with Crippen LogP contribution in [0.1, 0.15) is 20.3 Å². The molecule has 0 saturated carbocycles. The Kier molecular flexibility index (Phi) is 7.01. The molecule has 3 rings (SSSR count). The van der Waals surface area contributed by atoms with E-state index in [2.05, 4.69) is 86.6 Å². The standard InChI is InChI=1S/C25H28O2P/c1-3-21(2)19-27-25(26)20-28(22-13-7-4-8-14-22,23-15-9-5-10-16-23)24-17-11-6-12-18-24/h4-18,21H,3,19-20H2,1-2H3/q+1. The van der Waals surface area contributed by atoms with Crippen molar-refractivity contribution in [3.63, 3.8) is 0 Å². The van der Waals surface area contributed by atoms with Crippen LogP contribution in [0.2, 0.25) is 0 Å². The molecule has 0 aliphatic carbocycles. The van der Waals surface area contributed by atoms with E-state index in [-0.39, 0.29) is 5.97 Å². The third kappa shape index (κ3) is 4.51. The Morgan fingerprint density at radius 3 is 1.54 bits per heavy atom. The maximum absolute atomic E-state index is 13.0. The summed E-state index contributed by atoms with van der Waals surface area (Å²) in [5.74, 6) is 0.257. The smallest absolute Gasteiger partial charge is 0.345 e. The van der Waals surface area contributed by atoms with Gasteiger partial charge in [0.2, 0.25) is 0 Å². The van der Waals surface area contributed by atoms with E-state index in [1.165, 1.54) is 15.9 Å². The van der Waals surface area contributed by atoms with Gasteiger partial charge in [-0.1, -0.05) is 74.9 Å². The highest BCUT2D eigenvalue weighted by atomic mass is 31.2. The topological polar surface area (TPSA) is 26.3 Å². The van der Waals surface area contributed by atoms with E-state index >= 15 is 0 Å². The van der Waals surface area contributed by atoms with Gasteiger partial charge in [0.1, 0.15) is 23.2 Å². The maximum atomic E-state index is 13.0. The second kappa shape index (κ2) is 9.66. The van der Waals surface area contributed by atoms with Crippen LogP contribution in [-0.4, -0.2) is 18.7 Å². The molecule has 0 N–H and O–H groups in total. The first kappa shape index (κ1) is 20.3. The lowest BCUT2D eigenvalue weighted by Crippen LogP contribution is -2.36. The summed E-state index contributed by atoms with van der Waals surface area (Å²) in [6, 6.07) is 31.3. The van der Waals surface area contributed by atoms with E-state index in [0.29, 0.717) is 18.7 Å². The lowest BCUT2D eigenvalue weighted by molar-refractivity contribution is -0.141. The first-order valence-corrected chi connectivity index (χ1v) is 11.8. The van der Waals surface area contributed by atoms with E-state index in [1.807, 2.05) is 18.2 Å². The number of hydrogen-bond acceptors (Lipinski definition) is 2. The van der Waals surface area contributed by atoms with Crippen LogP contribution in [0.5, 0.6) is 0 Å². The Labute approximate surface area is 168 Å². The van der Waals surface area contributed by atoms with Gasteiger partial charge in [0.05, 0.1) is 6.61 Å². The summed E-state index contributed by atoms with van der Waals surface area (Å²) >= 11 is 0. The zero-order chi connectivity index (χ0) is 19.8. The lowest BCUT2D eigenvalue weighted by Gasteiger charge is -2.27. The predicted molar refractivity (Wildman–Crippen MR) is 120 cm³/mol. The van der Waals surface area contributed by atoms with Gasteiger partial charge in [-0.05, 0) is 42.3 Å². The van der Waals surface area contributed by atoms with Crippen LogP contribution in [0.25, 0.3) is 0 Å². The molecule has 1 atom stereocenters. The van der Waals surface area contributed by atoms with Crippen LogP contribution in [0, 0.1) is 5.92 Å². The number of carbonyl (C=O) groups excluding carboxylic acids is 1. The summed E-state index contributed by atoms with van der Waals surface area (Å²) < 4.78 is 5.70. The van der Waals surface area contributed by atoms with Gasteiger partial charge < -0.3 is 4.74 Å². The van der Waals surface area contributed by atoms with Gasteiger partial charge in [-0.3, -0.25) is 0 Å². The van der Waals surface area contributed by atoms with Crippen LogP contribution in [0.4, 0.5) is 0 Å². The van der Waals surface area contributed by atoms with Crippen LogP contribution in [0.3, 0.4) is 0 Å². The van der Waals surface area contributed by atoms with E-state index in [0.717, 1.165) is 6.42 Å². The van der Waals surface area contributed by atoms with Gasteiger partial charge in [0.15, 0.2) is 6.16 Å². The molecule has 0 amide bonds. The number of hydrogen-bond donors (Lipinski definition) is 0. The SMILES string of the molecule is CCC(C)COC(=O)C[P+](c1ccccc1)(c1ccccc1)c1ccccc1. The number of benzene rings is 3. The molecule has 0 aliphatic rings. The minimum Gasteiger partial charge on any atom is -0.463 e. The monoisotopic (exact) mass is 391 g/mol. The minimum absolute atomic E-state index is 0.120. The first-order chi connectivity index (χ1) is 13.7. The molecule has 144 valence electrons. The number of rotatable bonds is 8. The molecule has 0 fully saturated rings. The molecular formula is C25H28O2P+. The molecule has 0 heterocycles. The van der Waals surface area contributed by atoms with Crippen molar-refractivity contribution >= 4 is 29.1 Å². The molecule has 28 heavy (non-hydrogen) atoms. The van der Waals surface area contributed by atoms with Crippen LogP contribution >= 0.6 is 7.26 Å². The second-order valence-corrected chi connectivity index (χ2v) is 10.7. The van der Waals surface area contributed by atoms with Gasteiger partial charge in [-0.2, -0.15) is 0 Å². The largest absolute Gasteiger partial charge is 0.463 e. The number of carbonyl (C=O) groups is 1. The fourth-order valence-electron chi connectivity index (χ4n) is 3.36. The molecule has 0 aliphatic heterocycles. The Bertz CT molecular complexity index is 766. The van der Waals surface area contributed by atoms with Crippen LogP contribution in [-0.2, 0) is 9.53 Å². The molecule has 0 radical (unpaired) electrons. The van der Waals surface area contributed by atoms with Crippen LogP contribution in [0.15, 0.2) is 91.0 Å². The highest BCUT2D eigenvalue weighted by Gasteiger charge is 2.47. The van der Waals surface area contributed by atoms with Crippen LogP contribution < -0.4 is 15.9 Å². The van der Waals surface area contributed by atoms with Gasteiger partial charge in [-0.15, -0.1) is 0 Å². The minimum atomic E-state index is -2.15. The van der Waals surface area contributed by atoms with E-state index in [4.69, 9.17) is 4.74 Å². The Balaban J connectivity index is 2.10. The maximum Gasteiger partial charge on any atom is 0.345 e. The quantitative estimate of drug-likeness (QED) is 0.415. The van der Waals surface area contributed by atoms with Crippen molar-refractivity contribution in [3.8, 4) is 0 Å². The summed E-state index contributed by atoms with van der Waals surface area (Å²) in [4.78, 5) is 13.0. The van der Waals surface area contributed by atoms with Crippen molar-refractivity contribution in [2.24, 2.45) is 5.92 Å². The fourth-order valence-corrected chi connectivity index (χ4v) is 7.32. The summed E-state index contributed by atoms with van der Waals surface area (Å²) in [7, 11) is -2.15. The normalized spacial score (nSPS) is 12.4.